The summed E-state index contributed by atoms with van der Waals surface area (Å²) in [5.41, 5.74) is 0. The van der Waals surface area contributed by atoms with Gasteiger partial charge >= 0.3 is 10.3 Å². The van der Waals surface area contributed by atoms with Crippen LogP contribution in [0, 0.1) is 0 Å². The Hall–Kier alpha value is -0.660. The number of carbonyl (C=O) groups excluding carboxylic acids is 1. The van der Waals surface area contributed by atoms with Crippen molar-refractivity contribution in [3.05, 3.63) is 0 Å². The lowest BCUT2D eigenvalue weighted by Crippen LogP contribution is -2.30. The summed E-state index contributed by atoms with van der Waals surface area (Å²) in [4.78, 5) is 12.6. The number of hydrogen-bond acceptors (Lipinski definition) is 4. The Labute approximate surface area is 77.8 Å². The quantitative estimate of drug-likeness (QED) is 0.583. The molecule has 0 aliphatic heterocycles. The lowest BCUT2D eigenvalue weighted by molar-refractivity contribution is -0.119. The van der Waals surface area contributed by atoms with Crippen molar-refractivity contribution < 1.29 is 17.8 Å². The number of hydrogen-bond donors (Lipinski definition) is 2. The number of nitrogens with one attached hydrogen (secondary N) is 1. The van der Waals surface area contributed by atoms with E-state index in [1.54, 1.807) is 0 Å². The third-order valence-electron chi connectivity index (χ3n) is 1.25. The molecule has 0 heterocycles. The minimum Gasteiger partial charge on any atom is -0.309 e. The molecule has 1 amide bonds. The van der Waals surface area contributed by atoms with Crippen LogP contribution in [0.5, 0.6) is 0 Å². The maximum Gasteiger partial charge on any atom is 0.359 e. The second-order valence-corrected chi connectivity index (χ2v) is 4.06. The molecule has 0 aromatic heterocycles. The molecule has 0 fully saturated rings. The number of carbonyl (C=O) groups is 1. The van der Waals surface area contributed by atoms with E-state index in [9.17, 15) is 13.2 Å². The molecule has 13 heavy (non-hydrogen) atoms. The highest BCUT2D eigenvalue weighted by Crippen LogP contribution is 1.91. The standard InChI is InChI=1S/C6H14N2O4S/c1-8(2)5-3-4-6(9)7-13(10,11)12/h3-5H2,1-2H3,(H,7,9)(H,10,11,12). The average molecular weight is 210 g/mol. The Kier molecular flexibility index (Phi) is 4.89. The zero-order valence-electron chi connectivity index (χ0n) is 7.65. The van der Waals surface area contributed by atoms with E-state index in [0.29, 0.717) is 13.0 Å². The Morgan fingerprint density at radius 1 is 1.46 bits per heavy atom. The van der Waals surface area contributed by atoms with E-state index >= 15 is 0 Å². The van der Waals surface area contributed by atoms with Crippen molar-refractivity contribution in [2.24, 2.45) is 0 Å². The Bertz CT molecular complexity index is 260. The number of amides is 1. The molecule has 0 unspecified atom stereocenters. The monoisotopic (exact) mass is 210 g/mol. The summed E-state index contributed by atoms with van der Waals surface area (Å²) < 4.78 is 30.0. The Morgan fingerprint density at radius 3 is 2.38 bits per heavy atom. The first-order valence-corrected chi connectivity index (χ1v) is 5.18. The number of nitrogens with zero attached hydrogens (tertiary/aromatic N) is 1. The smallest absolute Gasteiger partial charge is 0.309 e. The van der Waals surface area contributed by atoms with E-state index in [4.69, 9.17) is 4.55 Å². The summed E-state index contributed by atoms with van der Waals surface area (Å²) in [6.07, 6.45) is 0.631. The molecule has 6 nitrogen and oxygen atoms in total. The lowest BCUT2D eigenvalue weighted by atomic mass is 10.3. The number of rotatable bonds is 5. The van der Waals surface area contributed by atoms with Crippen molar-refractivity contribution in [2.75, 3.05) is 20.6 Å². The zero-order valence-corrected chi connectivity index (χ0v) is 8.47. The summed E-state index contributed by atoms with van der Waals surface area (Å²) in [6, 6.07) is 0. The van der Waals surface area contributed by atoms with Gasteiger partial charge in [-0.05, 0) is 27.1 Å². The van der Waals surface area contributed by atoms with Crippen LogP contribution in [0.2, 0.25) is 0 Å². The molecular formula is C6H14N2O4S. The molecule has 0 saturated carbocycles. The predicted molar refractivity (Wildman–Crippen MR) is 47.5 cm³/mol. The van der Waals surface area contributed by atoms with Gasteiger partial charge in [-0.3, -0.25) is 9.35 Å². The normalized spacial score (nSPS) is 11.7. The van der Waals surface area contributed by atoms with Gasteiger partial charge < -0.3 is 4.90 Å². The molecule has 2 N–H and O–H groups in total. The molecule has 7 heteroatoms. The van der Waals surface area contributed by atoms with Crippen molar-refractivity contribution in [3.8, 4) is 0 Å². The van der Waals surface area contributed by atoms with Crippen LogP contribution in [0.4, 0.5) is 0 Å². The first kappa shape index (κ1) is 12.3. The van der Waals surface area contributed by atoms with Gasteiger partial charge in [-0.1, -0.05) is 0 Å². The Balaban J connectivity index is 3.65. The molecule has 0 radical (unpaired) electrons. The molecule has 0 aliphatic rings. The van der Waals surface area contributed by atoms with Crippen molar-refractivity contribution in [2.45, 2.75) is 12.8 Å². The van der Waals surface area contributed by atoms with Gasteiger partial charge in [0, 0.05) is 6.42 Å². The minimum atomic E-state index is -4.39. The maximum absolute atomic E-state index is 10.8. The fraction of sp³-hybridized carbons (Fsp3) is 0.833. The van der Waals surface area contributed by atoms with Crippen LogP contribution in [0.1, 0.15) is 12.8 Å². The molecule has 78 valence electrons. The summed E-state index contributed by atoms with van der Waals surface area (Å²) in [5, 5.41) is 0. The highest BCUT2D eigenvalue weighted by Gasteiger charge is 2.09. The Morgan fingerprint density at radius 2 is 2.00 bits per heavy atom. The lowest BCUT2D eigenvalue weighted by Gasteiger charge is -2.07. The van der Waals surface area contributed by atoms with Gasteiger partial charge in [0.1, 0.15) is 0 Å². The van der Waals surface area contributed by atoms with Crippen LogP contribution in [0.15, 0.2) is 0 Å². The molecule has 0 aromatic rings. The highest BCUT2D eigenvalue weighted by atomic mass is 32.2. The van der Waals surface area contributed by atoms with Gasteiger partial charge in [-0.15, -0.1) is 0 Å². The molecule has 0 atom stereocenters. The van der Waals surface area contributed by atoms with E-state index < -0.39 is 16.2 Å². The fourth-order valence-electron chi connectivity index (χ4n) is 0.751. The molecule has 0 spiro atoms. The van der Waals surface area contributed by atoms with E-state index in [2.05, 4.69) is 0 Å². The third-order valence-corrected chi connectivity index (χ3v) is 1.74. The van der Waals surface area contributed by atoms with E-state index in [1.165, 1.54) is 4.72 Å². The second-order valence-electron chi connectivity index (χ2n) is 2.91. The van der Waals surface area contributed by atoms with Crippen LogP contribution in [0.25, 0.3) is 0 Å². The first-order valence-electron chi connectivity index (χ1n) is 3.74. The molecule has 0 aliphatic carbocycles. The molecule has 0 aromatic carbocycles. The highest BCUT2D eigenvalue weighted by molar-refractivity contribution is 7.84. The van der Waals surface area contributed by atoms with Gasteiger partial charge in [0.25, 0.3) is 0 Å². The van der Waals surface area contributed by atoms with Crippen LogP contribution in [0.3, 0.4) is 0 Å². The second kappa shape index (κ2) is 5.15. The molecule has 0 rings (SSSR count). The van der Waals surface area contributed by atoms with E-state index in [0.717, 1.165) is 0 Å². The SMILES string of the molecule is CN(C)CCCC(=O)NS(=O)(=O)O. The zero-order chi connectivity index (χ0) is 10.5. The van der Waals surface area contributed by atoms with Gasteiger partial charge in [-0.2, -0.15) is 8.42 Å². The van der Waals surface area contributed by atoms with Crippen LogP contribution in [-0.2, 0) is 15.1 Å². The predicted octanol–water partition coefficient (Wildman–Crippen LogP) is -0.753. The van der Waals surface area contributed by atoms with Gasteiger partial charge in [0.05, 0.1) is 0 Å². The summed E-state index contributed by atoms with van der Waals surface area (Å²) in [7, 11) is -0.691. The van der Waals surface area contributed by atoms with E-state index in [-0.39, 0.29) is 6.42 Å². The first-order chi connectivity index (χ1) is 5.81. The maximum atomic E-state index is 10.8. The van der Waals surface area contributed by atoms with Crippen LogP contribution in [-0.4, -0.2) is 44.4 Å². The largest absolute Gasteiger partial charge is 0.359 e. The summed E-state index contributed by atoms with van der Waals surface area (Å²) in [5.74, 6) is -0.690. The van der Waals surface area contributed by atoms with Crippen LogP contribution < -0.4 is 4.72 Å². The van der Waals surface area contributed by atoms with Crippen molar-refractivity contribution >= 4 is 16.2 Å². The topological polar surface area (TPSA) is 86.7 Å². The molecular weight excluding hydrogens is 196 g/mol. The van der Waals surface area contributed by atoms with Crippen LogP contribution >= 0.6 is 0 Å². The van der Waals surface area contributed by atoms with Crippen molar-refractivity contribution in [3.63, 3.8) is 0 Å². The van der Waals surface area contributed by atoms with Crippen molar-refractivity contribution in [1.82, 2.24) is 9.62 Å². The van der Waals surface area contributed by atoms with Gasteiger partial charge in [0.15, 0.2) is 0 Å². The summed E-state index contributed by atoms with van der Waals surface area (Å²) >= 11 is 0. The summed E-state index contributed by atoms with van der Waals surface area (Å²) in [6.45, 7) is 0.693. The third kappa shape index (κ3) is 9.25. The minimum absolute atomic E-state index is 0.0813. The average Bonchev–Trinajstić information content (AvgIpc) is 1.81. The van der Waals surface area contributed by atoms with Crippen molar-refractivity contribution in [1.29, 1.82) is 0 Å². The van der Waals surface area contributed by atoms with Gasteiger partial charge in [0.2, 0.25) is 5.91 Å². The van der Waals surface area contributed by atoms with E-state index in [1.807, 2.05) is 19.0 Å². The fourth-order valence-corrected chi connectivity index (χ4v) is 1.14. The van der Waals surface area contributed by atoms with Gasteiger partial charge in [-0.25, -0.2) is 4.72 Å². The molecule has 0 saturated heterocycles. The molecule has 0 bridgehead atoms.